The molecular formula is C17H20N2O4. The van der Waals surface area contributed by atoms with E-state index in [1.807, 2.05) is 36.4 Å². The summed E-state index contributed by atoms with van der Waals surface area (Å²) >= 11 is 0. The second kappa shape index (κ2) is 9.97. The summed E-state index contributed by atoms with van der Waals surface area (Å²) in [4.78, 5) is 16.7. The Balaban J connectivity index is 0.00000127. The van der Waals surface area contributed by atoms with E-state index in [9.17, 15) is 4.79 Å². The molecule has 1 amide bonds. The zero-order valence-electron chi connectivity index (χ0n) is 13.3. The first kappa shape index (κ1) is 18.2. The van der Waals surface area contributed by atoms with Crippen LogP contribution in [0.25, 0.3) is 0 Å². The second-order valence-electron chi connectivity index (χ2n) is 4.11. The van der Waals surface area contributed by atoms with Crippen LogP contribution < -0.4 is 10.1 Å². The molecule has 0 heterocycles. The molecule has 6 nitrogen and oxygen atoms in total. The molecule has 0 fully saturated rings. The van der Waals surface area contributed by atoms with Crippen LogP contribution in [0.15, 0.2) is 59.8 Å². The van der Waals surface area contributed by atoms with E-state index < -0.39 is 0 Å². The van der Waals surface area contributed by atoms with E-state index in [-0.39, 0.29) is 11.6 Å². The third-order valence-electron chi connectivity index (χ3n) is 2.74. The Morgan fingerprint density at radius 2 is 1.65 bits per heavy atom. The van der Waals surface area contributed by atoms with Crippen molar-refractivity contribution >= 4 is 11.6 Å². The number of oxime groups is 1. The predicted octanol–water partition coefficient (Wildman–Crippen LogP) is 2.18. The normalized spacial score (nSPS) is 10.2. The number of carbonyl (C=O) groups excluding carboxylic acids is 1. The molecule has 0 aromatic heterocycles. The number of aliphatic hydroxyl groups is 1. The molecule has 0 bridgehead atoms. The number of para-hydroxylation sites is 2. The van der Waals surface area contributed by atoms with Gasteiger partial charge < -0.3 is 20.0 Å². The fourth-order valence-electron chi connectivity index (χ4n) is 1.79. The van der Waals surface area contributed by atoms with E-state index in [1.54, 1.807) is 18.2 Å². The number of rotatable bonds is 5. The summed E-state index contributed by atoms with van der Waals surface area (Å²) in [7, 11) is 3.93. The van der Waals surface area contributed by atoms with Gasteiger partial charge in [0, 0.05) is 14.2 Å². The third kappa shape index (κ3) is 5.12. The van der Waals surface area contributed by atoms with Crippen molar-refractivity contribution in [2.45, 2.75) is 0 Å². The fraction of sp³-hybridized carbons (Fsp3) is 0.176. The molecule has 2 N–H and O–H groups in total. The van der Waals surface area contributed by atoms with Gasteiger partial charge in [-0.3, -0.25) is 4.79 Å². The molecule has 2 aromatic carbocycles. The van der Waals surface area contributed by atoms with Gasteiger partial charge in [0.05, 0.1) is 5.56 Å². The summed E-state index contributed by atoms with van der Waals surface area (Å²) < 4.78 is 5.82. The molecule has 23 heavy (non-hydrogen) atoms. The first-order valence-electron chi connectivity index (χ1n) is 6.86. The summed E-state index contributed by atoms with van der Waals surface area (Å²) in [5, 5.41) is 13.3. The number of ether oxygens (including phenoxy) is 1. The van der Waals surface area contributed by atoms with Crippen LogP contribution in [0, 0.1) is 0 Å². The van der Waals surface area contributed by atoms with E-state index in [0.717, 1.165) is 7.11 Å². The van der Waals surface area contributed by atoms with E-state index in [2.05, 4.69) is 10.5 Å². The molecule has 0 spiro atoms. The zero-order chi connectivity index (χ0) is 17.1. The molecule has 0 aliphatic heterocycles. The van der Waals surface area contributed by atoms with Gasteiger partial charge in [0.2, 0.25) is 0 Å². The minimum Gasteiger partial charge on any atom is -0.457 e. The van der Waals surface area contributed by atoms with Crippen molar-refractivity contribution in [2.75, 3.05) is 21.3 Å². The molecule has 0 atom stereocenters. The molecule has 0 saturated heterocycles. The highest BCUT2D eigenvalue weighted by molar-refractivity contribution is 6.45. The summed E-state index contributed by atoms with van der Waals surface area (Å²) in [6.07, 6.45) is 0. The van der Waals surface area contributed by atoms with Gasteiger partial charge in [0.25, 0.3) is 5.91 Å². The molecular weight excluding hydrogens is 296 g/mol. The molecule has 0 saturated carbocycles. The smallest absolute Gasteiger partial charge is 0.273 e. The molecule has 0 aliphatic rings. The van der Waals surface area contributed by atoms with Crippen molar-refractivity contribution < 1.29 is 19.5 Å². The zero-order valence-corrected chi connectivity index (χ0v) is 13.3. The number of benzene rings is 2. The molecule has 0 unspecified atom stereocenters. The van der Waals surface area contributed by atoms with E-state index >= 15 is 0 Å². The quantitative estimate of drug-likeness (QED) is 0.654. The second-order valence-corrected chi connectivity index (χ2v) is 4.11. The molecule has 122 valence electrons. The number of nitrogens with one attached hydrogen (secondary N) is 1. The number of carbonyl (C=O) groups is 1. The SMILES string of the molecule is CNC(=O)/C(=N/OC)c1ccccc1Oc1ccccc1.CO. The lowest BCUT2D eigenvalue weighted by Gasteiger charge is -2.11. The van der Waals surface area contributed by atoms with Gasteiger partial charge in [0.15, 0.2) is 5.71 Å². The Morgan fingerprint density at radius 3 is 2.26 bits per heavy atom. The Morgan fingerprint density at radius 1 is 1.04 bits per heavy atom. The minimum absolute atomic E-state index is 0.159. The third-order valence-corrected chi connectivity index (χ3v) is 2.74. The van der Waals surface area contributed by atoms with Gasteiger partial charge in [-0.2, -0.15) is 0 Å². The van der Waals surface area contributed by atoms with E-state index in [1.165, 1.54) is 14.2 Å². The molecule has 2 rings (SSSR count). The Hall–Kier alpha value is -2.86. The lowest BCUT2D eigenvalue weighted by atomic mass is 10.1. The van der Waals surface area contributed by atoms with Crippen LogP contribution in [-0.4, -0.2) is 38.0 Å². The molecule has 0 radical (unpaired) electrons. The van der Waals surface area contributed by atoms with Crippen molar-refractivity contribution in [1.29, 1.82) is 0 Å². The van der Waals surface area contributed by atoms with Crippen molar-refractivity contribution in [3.63, 3.8) is 0 Å². The molecule has 2 aromatic rings. The van der Waals surface area contributed by atoms with Crippen LogP contribution in [0.2, 0.25) is 0 Å². The summed E-state index contributed by atoms with van der Waals surface area (Å²) in [5.41, 5.74) is 0.717. The summed E-state index contributed by atoms with van der Waals surface area (Å²) in [6, 6.07) is 16.5. The lowest BCUT2D eigenvalue weighted by molar-refractivity contribution is -0.114. The lowest BCUT2D eigenvalue weighted by Crippen LogP contribution is -2.28. The number of amides is 1. The van der Waals surface area contributed by atoms with E-state index in [4.69, 9.17) is 14.7 Å². The molecule has 0 aliphatic carbocycles. The maximum atomic E-state index is 11.9. The van der Waals surface area contributed by atoms with Crippen LogP contribution in [0.3, 0.4) is 0 Å². The van der Waals surface area contributed by atoms with Gasteiger partial charge in [0.1, 0.15) is 18.6 Å². The average molecular weight is 316 g/mol. The minimum atomic E-state index is -0.346. The maximum Gasteiger partial charge on any atom is 0.273 e. The first-order chi connectivity index (χ1) is 11.3. The van der Waals surface area contributed by atoms with E-state index in [0.29, 0.717) is 17.1 Å². The monoisotopic (exact) mass is 316 g/mol. The number of likely N-dealkylation sites (N-methyl/N-ethyl adjacent to an activating group) is 1. The number of hydrogen-bond donors (Lipinski definition) is 2. The fourth-order valence-corrected chi connectivity index (χ4v) is 1.79. The Bertz CT molecular complexity index is 642. The van der Waals surface area contributed by atoms with Gasteiger partial charge in [-0.05, 0) is 24.3 Å². The average Bonchev–Trinajstić information content (AvgIpc) is 2.62. The van der Waals surface area contributed by atoms with Crippen molar-refractivity contribution in [2.24, 2.45) is 5.16 Å². The maximum absolute atomic E-state index is 11.9. The van der Waals surface area contributed by atoms with Gasteiger partial charge in [-0.1, -0.05) is 35.5 Å². The highest BCUT2D eigenvalue weighted by Gasteiger charge is 2.18. The highest BCUT2D eigenvalue weighted by Crippen LogP contribution is 2.25. The highest BCUT2D eigenvalue weighted by atomic mass is 16.6. The first-order valence-corrected chi connectivity index (χ1v) is 6.86. The van der Waals surface area contributed by atoms with Crippen LogP contribution in [0.4, 0.5) is 0 Å². The standard InChI is InChI=1S/C16H16N2O3.CH4O/c1-17-16(19)15(18-20-2)13-10-6-7-11-14(13)21-12-8-4-3-5-9-12;1-2/h3-11H,1-2H3,(H,17,19);2H,1H3/b18-15+;. The number of aliphatic hydroxyl groups excluding tert-OH is 1. The Labute approximate surface area is 135 Å². The van der Waals surface area contributed by atoms with Gasteiger partial charge >= 0.3 is 0 Å². The van der Waals surface area contributed by atoms with Gasteiger partial charge in [-0.15, -0.1) is 0 Å². The summed E-state index contributed by atoms with van der Waals surface area (Å²) in [6.45, 7) is 0. The van der Waals surface area contributed by atoms with Gasteiger partial charge in [-0.25, -0.2) is 0 Å². The van der Waals surface area contributed by atoms with Crippen molar-refractivity contribution in [1.82, 2.24) is 5.32 Å². The number of hydrogen-bond acceptors (Lipinski definition) is 5. The predicted molar refractivity (Wildman–Crippen MR) is 88.7 cm³/mol. The van der Waals surface area contributed by atoms with Crippen LogP contribution in [0.1, 0.15) is 5.56 Å². The van der Waals surface area contributed by atoms with Crippen molar-refractivity contribution in [3.8, 4) is 11.5 Å². The Kier molecular flexibility index (Phi) is 7.88. The topological polar surface area (TPSA) is 80.2 Å². The van der Waals surface area contributed by atoms with Crippen LogP contribution >= 0.6 is 0 Å². The largest absolute Gasteiger partial charge is 0.457 e. The van der Waals surface area contributed by atoms with Crippen molar-refractivity contribution in [3.05, 3.63) is 60.2 Å². The van der Waals surface area contributed by atoms with Crippen LogP contribution in [0.5, 0.6) is 11.5 Å². The molecule has 6 heteroatoms. The number of nitrogens with zero attached hydrogens (tertiary/aromatic N) is 1. The van der Waals surface area contributed by atoms with Crippen LogP contribution in [-0.2, 0) is 9.63 Å². The summed E-state index contributed by atoms with van der Waals surface area (Å²) in [5.74, 6) is 0.864.